The van der Waals surface area contributed by atoms with E-state index in [-0.39, 0.29) is 17.8 Å². The number of anilines is 1. The third kappa shape index (κ3) is 4.86. The molecule has 2 aromatic heterocycles. The van der Waals surface area contributed by atoms with E-state index in [9.17, 15) is 4.79 Å². The number of amides is 1. The highest BCUT2D eigenvalue weighted by Gasteiger charge is 2.20. The zero-order chi connectivity index (χ0) is 22.5. The summed E-state index contributed by atoms with van der Waals surface area (Å²) >= 11 is 2.79. The molecule has 0 saturated carbocycles. The summed E-state index contributed by atoms with van der Waals surface area (Å²) in [6.07, 6.45) is -0.343. The molecule has 2 heterocycles. The Morgan fingerprint density at radius 1 is 1.16 bits per heavy atom. The fourth-order valence-corrected chi connectivity index (χ4v) is 4.87. The van der Waals surface area contributed by atoms with Gasteiger partial charge in [-0.15, -0.1) is 10.2 Å². The van der Waals surface area contributed by atoms with Crippen molar-refractivity contribution < 1.29 is 14.3 Å². The monoisotopic (exact) mass is 469 g/mol. The highest BCUT2D eigenvalue weighted by molar-refractivity contribution is 7.99. The fraction of sp³-hybridized carbons (Fsp3) is 0.273. The first-order valence-corrected chi connectivity index (χ1v) is 11.9. The van der Waals surface area contributed by atoms with Gasteiger partial charge in [0, 0.05) is 6.54 Å². The Labute approximate surface area is 194 Å². The molecular weight excluding hydrogens is 446 g/mol. The molecule has 0 bridgehead atoms. The number of nitrogens with one attached hydrogen (secondary N) is 1. The Kier molecular flexibility index (Phi) is 6.91. The summed E-state index contributed by atoms with van der Waals surface area (Å²) in [7, 11) is 1.61. The van der Waals surface area contributed by atoms with Crippen LogP contribution in [0.25, 0.3) is 10.2 Å². The van der Waals surface area contributed by atoms with Crippen LogP contribution in [0.3, 0.4) is 0 Å². The summed E-state index contributed by atoms with van der Waals surface area (Å²) in [4.78, 5) is 16.9. The first-order valence-electron chi connectivity index (χ1n) is 10.1. The number of carbonyl (C=O) groups excluding carboxylic acids is 1. The van der Waals surface area contributed by atoms with Crippen molar-refractivity contribution in [1.29, 1.82) is 0 Å². The average molecular weight is 470 g/mol. The summed E-state index contributed by atoms with van der Waals surface area (Å²) in [5.41, 5.74) is 0.875. The third-order valence-electron chi connectivity index (χ3n) is 4.67. The minimum Gasteiger partial charge on any atom is -0.493 e. The number of methoxy groups -OCH3 is 1. The van der Waals surface area contributed by atoms with Crippen LogP contribution in [0.4, 0.5) is 5.13 Å². The van der Waals surface area contributed by atoms with Gasteiger partial charge in [-0.1, -0.05) is 47.4 Å². The number of hydrogen-bond acceptors (Lipinski definition) is 8. The van der Waals surface area contributed by atoms with Crippen LogP contribution in [0, 0.1) is 0 Å². The number of nitrogens with zero attached hydrogens (tertiary/aromatic N) is 4. The Hall–Kier alpha value is -3.11. The second-order valence-electron chi connectivity index (χ2n) is 6.82. The van der Waals surface area contributed by atoms with Crippen molar-refractivity contribution >= 4 is 44.4 Å². The maximum Gasteiger partial charge on any atom is 0.236 e. The van der Waals surface area contributed by atoms with E-state index in [4.69, 9.17) is 9.47 Å². The first-order chi connectivity index (χ1) is 15.6. The first kappa shape index (κ1) is 22.1. The molecule has 166 valence electrons. The van der Waals surface area contributed by atoms with Crippen molar-refractivity contribution in [1.82, 2.24) is 19.7 Å². The van der Waals surface area contributed by atoms with E-state index in [0.717, 1.165) is 10.2 Å². The van der Waals surface area contributed by atoms with Crippen LogP contribution in [0.1, 0.15) is 25.8 Å². The molecule has 0 aliphatic rings. The molecule has 8 nitrogen and oxygen atoms in total. The minimum atomic E-state index is -0.343. The summed E-state index contributed by atoms with van der Waals surface area (Å²) < 4.78 is 14.4. The van der Waals surface area contributed by atoms with Gasteiger partial charge in [0.2, 0.25) is 5.91 Å². The molecule has 0 saturated heterocycles. The number of hydrogen-bond donors (Lipinski definition) is 1. The maximum absolute atomic E-state index is 12.5. The van der Waals surface area contributed by atoms with Crippen LogP contribution in [0.5, 0.6) is 11.5 Å². The van der Waals surface area contributed by atoms with Gasteiger partial charge in [0.25, 0.3) is 0 Å². The third-order valence-corrected chi connectivity index (χ3v) is 6.59. The lowest BCUT2D eigenvalue weighted by atomic mass is 10.3. The summed E-state index contributed by atoms with van der Waals surface area (Å²) in [6.45, 7) is 4.58. The largest absolute Gasteiger partial charge is 0.493 e. The van der Waals surface area contributed by atoms with Gasteiger partial charge in [-0.3, -0.25) is 4.79 Å². The van der Waals surface area contributed by atoms with Gasteiger partial charge in [-0.05, 0) is 38.1 Å². The van der Waals surface area contributed by atoms with Crippen molar-refractivity contribution in [2.24, 2.45) is 0 Å². The van der Waals surface area contributed by atoms with Crippen LogP contribution in [0.2, 0.25) is 0 Å². The van der Waals surface area contributed by atoms with E-state index in [1.807, 2.05) is 66.9 Å². The number of rotatable bonds is 9. The number of benzene rings is 2. The van der Waals surface area contributed by atoms with Crippen molar-refractivity contribution in [3.63, 3.8) is 0 Å². The lowest BCUT2D eigenvalue weighted by molar-refractivity contribution is -0.113. The molecular formula is C22H23N5O3S2. The molecule has 4 aromatic rings. The topological polar surface area (TPSA) is 91.2 Å². The van der Waals surface area contributed by atoms with Gasteiger partial charge >= 0.3 is 0 Å². The van der Waals surface area contributed by atoms with Crippen molar-refractivity contribution in [2.75, 3.05) is 18.2 Å². The van der Waals surface area contributed by atoms with Crippen molar-refractivity contribution in [3.8, 4) is 11.5 Å². The zero-order valence-corrected chi connectivity index (χ0v) is 19.6. The average Bonchev–Trinajstić information content (AvgIpc) is 3.41. The molecule has 0 radical (unpaired) electrons. The Morgan fingerprint density at radius 3 is 2.66 bits per heavy atom. The summed E-state index contributed by atoms with van der Waals surface area (Å²) in [6, 6.07) is 15.3. The second-order valence-corrected chi connectivity index (χ2v) is 8.79. The minimum absolute atomic E-state index is 0.139. The summed E-state index contributed by atoms with van der Waals surface area (Å²) in [5.74, 6) is 2.04. The van der Waals surface area contributed by atoms with Gasteiger partial charge in [-0.2, -0.15) is 0 Å². The van der Waals surface area contributed by atoms with Crippen LogP contribution in [-0.4, -0.2) is 38.5 Å². The Bertz CT molecular complexity index is 1190. The molecule has 0 aliphatic carbocycles. The Morgan fingerprint density at radius 2 is 1.91 bits per heavy atom. The summed E-state index contributed by atoms with van der Waals surface area (Å²) in [5, 5.41) is 12.7. The van der Waals surface area contributed by atoms with Gasteiger partial charge in [0.1, 0.15) is 0 Å². The predicted molar refractivity (Wildman–Crippen MR) is 127 cm³/mol. The number of para-hydroxylation sites is 3. The fourth-order valence-electron chi connectivity index (χ4n) is 3.18. The predicted octanol–water partition coefficient (Wildman–Crippen LogP) is 4.79. The molecule has 0 aliphatic heterocycles. The van der Waals surface area contributed by atoms with Crippen LogP contribution in [-0.2, 0) is 11.3 Å². The molecule has 1 N–H and O–H groups in total. The van der Waals surface area contributed by atoms with E-state index in [0.29, 0.717) is 34.2 Å². The standard InChI is InChI=1S/C22H23N5O3S2/c1-4-27-20(14(2)30-17-11-7-6-10-16(17)29-3)25-26-22(27)31-13-19(28)24-21-23-15-9-5-8-12-18(15)32-21/h5-12,14H,4,13H2,1-3H3,(H,23,24,28). The highest BCUT2D eigenvalue weighted by atomic mass is 32.2. The molecule has 4 rings (SSSR count). The highest BCUT2D eigenvalue weighted by Crippen LogP contribution is 2.31. The number of thioether (sulfide) groups is 1. The molecule has 1 amide bonds. The molecule has 1 atom stereocenters. The van der Waals surface area contributed by atoms with Gasteiger partial charge in [0.15, 0.2) is 33.7 Å². The van der Waals surface area contributed by atoms with Gasteiger partial charge in [0.05, 0.1) is 23.1 Å². The van der Waals surface area contributed by atoms with Crippen molar-refractivity contribution in [2.45, 2.75) is 31.7 Å². The number of thiazole rings is 1. The number of fused-ring (bicyclic) bond motifs is 1. The van der Waals surface area contributed by atoms with Gasteiger partial charge < -0.3 is 19.4 Å². The quantitative estimate of drug-likeness (QED) is 0.353. The lowest BCUT2D eigenvalue weighted by Crippen LogP contribution is -2.15. The second kappa shape index (κ2) is 10.0. The molecule has 0 fully saturated rings. The van der Waals surface area contributed by atoms with E-state index in [1.54, 1.807) is 7.11 Å². The lowest BCUT2D eigenvalue weighted by Gasteiger charge is -2.17. The maximum atomic E-state index is 12.5. The van der Waals surface area contributed by atoms with Crippen LogP contribution in [0.15, 0.2) is 53.7 Å². The van der Waals surface area contributed by atoms with Crippen LogP contribution >= 0.6 is 23.1 Å². The van der Waals surface area contributed by atoms with E-state index in [2.05, 4.69) is 20.5 Å². The zero-order valence-electron chi connectivity index (χ0n) is 17.9. The molecule has 2 aromatic carbocycles. The smallest absolute Gasteiger partial charge is 0.236 e. The van der Waals surface area contributed by atoms with Crippen LogP contribution < -0.4 is 14.8 Å². The SMILES string of the molecule is CCn1c(SCC(=O)Nc2nc3ccccc3s2)nnc1C(C)Oc1ccccc1OC. The van der Waals surface area contributed by atoms with E-state index >= 15 is 0 Å². The van der Waals surface area contributed by atoms with E-state index < -0.39 is 0 Å². The van der Waals surface area contributed by atoms with Gasteiger partial charge in [-0.25, -0.2) is 4.98 Å². The number of ether oxygens (including phenoxy) is 2. The van der Waals surface area contributed by atoms with Crippen molar-refractivity contribution in [3.05, 3.63) is 54.4 Å². The molecule has 0 spiro atoms. The number of carbonyl (C=O) groups is 1. The molecule has 1 unspecified atom stereocenters. The normalized spacial score (nSPS) is 12.0. The molecule has 10 heteroatoms. The number of aromatic nitrogens is 4. The van der Waals surface area contributed by atoms with E-state index in [1.165, 1.54) is 23.1 Å². The Balaban J connectivity index is 1.40. The molecule has 32 heavy (non-hydrogen) atoms.